The molecule has 1 heterocycles. The number of carbonyl (C=O) groups excluding carboxylic acids is 2. The number of carbonyl (C=O) groups is 2. The average Bonchev–Trinajstić information content (AvgIpc) is 2.74. The zero-order valence-electron chi connectivity index (χ0n) is 15.7. The second-order valence-corrected chi connectivity index (χ2v) is 6.24. The molecule has 0 aliphatic rings. The van der Waals surface area contributed by atoms with Crippen LogP contribution in [-0.2, 0) is 16.1 Å². The minimum Gasteiger partial charge on any atom is -0.451 e. The molecule has 0 spiro atoms. The fourth-order valence-corrected chi connectivity index (χ4v) is 2.77. The van der Waals surface area contributed by atoms with E-state index in [-0.39, 0.29) is 11.3 Å². The number of fused-ring (bicyclic) bond motifs is 1. The van der Waals surface area contributed by atoms with Crippen molar-refractivity contribution in [2.24, 2.45) is 0 Å². The standard InChI is InChI=1S/C21H18N4O4/c1-2-11-25-20(27)17-6-4-3-5-16(17)19(24-25)21(28)29-13-18(26)23-15-9-7-14(12-22)8-10-15/h3-10H,2,11,13H2,1H3,(H,23,26). The Bertz CT molecular complexity index is 1160. The van der Waals surface area contributed by atoms with Gasteiger partial charge in [0.2, 0.25) is 0 Å². The first kappa shape index (κ1) is 19.8. The number of ether oxygens (including phenoxy) is 1. The molecule has 2 aromatic carbocycles. The van der Waals surface area contributed by atoms with Crippen molar-refractivity contribution < 1.29 is 14.3 Å². The van der Waals surface area contributed by atoms with Gasteiger partial charge in [-0.25, -0.2) is 9.48 Å². The van der Waals surface area contributed by atoms with Gasteiger partial charge in [-0.15, -0.1) is 0 Å². The first-order valence-corrected chi connectivity index (χ1v) is 9.00. The number of nitrogens with zero attached hydrogens (tertiary/aromatic N) is 3. The topological polar surface area (TPSA) is 114 Å². The van der Waals surface area contributed by atoms with Crippen LogP contribution in [0.4, 0.5) is 5.69 Å². The van der Waals surface area contributed by atoms with Crippen LogP contribution in [0.1, 0.15) is 29.4 Å². The molecule has 0 saturated heterocycles. The Morgan fingerprint density at radius 3 is 2.48 bits per heavy atom. The SMILES string of the molecule is CCCn1nc(C(=O)OCC(=O)Nc2ccc(C#N)cc2)c2ccccc2c1=O. The lowest BCUT2D eigenvalue weighted by Gasteiger charge is -2.10. The van der Waals surface area contributed by atoms with E-state index in [0.29, 0.717) is 35.0 Å². The van der Waals surface area contributed by atoms with E-state index in [1.807, 2.05) is 13.0 Å². The van der Waals surface area contributed by atoms with Crippen molar-refractivity contribution in [3.05, 3.63) is 70.1 Å². The molecule has 3 aromatic rings. The molecule has 3 rings (SSSR count). The predicted molar refractivity (Wildman–Crippen MR) is 106 cm³/mol. The monoisotopic (exact) mass is 390 g/mol. The van der Waals surface area contributed by atoms with Gasteiger partial charge in [0.25, 0.3) is 11.5 Å². The molecular weight excluding hydrogens is 372 g/mol. The smallest absolute Gasteiger partial charge is 0.359 e. The van der Waals surface area contributed by atoms with Crippen molar-refractivity contribution in [2.45, 2.75) is 19.9 Å². The highest BCUT2D eigenvalue weighted by atomic mass is 16.5. The zero-order chi connectivity index (χ0) is 20.8. The molecule has 0 radical (unpaired) electrons. The molecule has 0 saturated carbocycles. The maximum Gasteiger partial charge on any atom is 0.359 e. The van der Waals surface area contributed by atoms with Crippen LogP contribution >= 0.6 is 0 Å². The highest BCUT2D eigenvalue weighted by molar-refractivity contribution is 6.03. The molecule has 0 fully saturated rings. The van der Waals surface area contributed by atoms with Gasteiger partial charge in [-0.1, -0.05) is 25.1 Å². The van der Waals surface area contributed by atoms with Crippen LogP contribution in [0.25, 0.3) is 10.8 Å². The number of aromatic nitrogens is 2. The Morgan fingerprint density at radius 2 is 1.83 bits per heavy atom. The third kappa shape index (κ3) is 4.47. The summed E-state index contributed by atoms with van der Waals surface area (Å²) in [5.74, 6) is -1.32. The fourth-order valence-electron chi connectivity index (χ4n) is 2.77. The van der Waals surface area contributed by atoms with E-state index in [1.54, 1.807) is 48.5 Å². The van der Waals surface area contributed by atoms with Crippen molar-refractivity contribution in [1.29, 1.82) is 5.26 Å². The molecule has 29 heavy (non-hydrogen) atoms. The van der Waals surface area contributed by atoms with Gasteiger partial charge in [-0.2, -0.15) is 10.4 Å². The van der Waals surface area contributed by atoms with Gasteiger partial charge in [0.1, 0.15) is 0 Å². The van der Waals surface area contributed by atoms with E-state index in [1.165, 1.54) is 4.68 Å². The lowest BCUT2D eigenvalue weighted by Crippen LogP contribution is -2.27. The lowest BCUT2D eigenvalue weighted by atomic mass is 10.1. The Morgan fingerprint density at radius 1 is 1.14 bits per heavy atom. The molecule has 1 N–H and O–H groups in total. The summed E-state index contributed by atoms with van der Waals surface area (Å²) in [5, 5.41) is 16.2. The van der Waals surface area contributed by atoms with Crippen LogP contribution in [0.3, 0.4) is 0 Å². The van der Waals surface area contributed by atoms with Crippen LogP contribution in [0.2, 0.25) is 0 Å². The number of nitrogens with one attached hydrogen (secondary N) is 1. The van der Waals surface area contributed by atoms with E-state index >= 15 is 0 Å². The highest BCUT2D eigenvalue weighted by Crippen LogP contribution is 2.15. The largest absolute Gasteiger partial charge is 0.451 e. The van der Waals surface area contributed by atoms with Crippen LogP contribution in [0.15, 0.2) is 53.3 Å². The molecule has 0 unspecified atom stereocenters. The van der Waals surface area contributed by atoms with Crippen LogP contribution in [0.5, 0.6) is 0 Å². The number of anilines is 1. The maximum absolute atomic E-state index is 12.6. The first-order valence-electron chi connectivity index (χ1n) is 9.00. The van der Waals surface area contributed by atoms with Crippen molar-refractivity contribution in [1.82, 2.24) is 9.78 Å². The molecule has 0 aliphatic heterocycles. The molecule has 0 aliphatic carbocycles. The van der Waals surface area contributed by atoms with Gasteiger partial charge in [0.05, 0.1) is 17.0 Å². The maximum atomic E-state index is 12.6. The number of hydrogen-bond acceptors (Lipinski definition) is 6. The number of benzene rings is 2. The number of nitriles is 1. The molecule has 146 valence electrons. The second-order valence-electron chi connectivity index (χ2n) is 6.24. The Balaban J connectivity index is 1.75. The molecule has 8 nitrogen and oxygen atoms in total. The summed E-state index contributed by atoms with van der Waals surface area (Å²) in [7, 11) is 0. The van der Waals surface area contributed by atoms with E-state index in [9.17, 15) is 14.4 Å². The van der Waals surface area contributed by atoms with E-state index in [4.69, 9.17) is 10.00 Å². The van der Waals surface area contributed by atoms with Crippen LogP contribution < -0.4 is 10.9 Å². The Hall–Kier alpha value is -3.99. The Labute approximate surface area is 166 Å². The molecule has 0 bridgehead atoms. The molecule has 1 aromatic heterocycles. The lowest BCUT2D eigenvalue weighted by molar-refractivity contribution is -0.119. The summed E-state index contributed by atoms with van der Waals surface area (Å²) in [6.07, 6.45) is 0.673. The second kappa shape index (κ2) is 8.80. The third-order valence-electron chi connectivity index (χ3n) is 4.13. The number of aryl methyl sites for hydroxylation is 1. The quantitative estimate of drug-likeness (QED) is 0.647. The van der Waals surface area contributed by atoms with Gasteiger partial charge >= 0.3 is 5.97 Å². The van der Waals surface area contributed by atoms with Gasteiger partial charge in [-0.05, 0) is 36.8 Å². The number of rotatable bonds is 6. The van der Waals surface area contributed by atoms with Crippen molar-refractivity contribution in [3.8, 4) is 6.07 Å². The summed E-state index contributed by atoms with van der Waals surface area (Å²) in [4.78, 5) is 37.1. The number of hydrogen-bond donors (Lipinski definition) is 1. The summed E-state index contributed by atoms with van der Waals surface area (Å²) in [5.41, 5.74) is 0.650. The van der Waals surface area contributed by atoms with Crippen molar-refractivity contribution >= 4 is 28.3 Å². The van der Waals surface area contributed by atoms with Crippen LogP contribution in [-0.4, -0.2) is 28.3 Å². The van der Waals surface area contributed by atoms with Crippen molar-refractivity contribution in [2.75, 3.05) is 11.9 Å². The zero-order valence-corrected chi connectivity index (χ0v) is 15.7. The Kier molecular flexibility index (Phi) is 6.00. The summed E-state index contributed by atoms with van der Waals surface area (Å²) in [6.45, 7) is 1.75. The summed E-state index contributed by atoms with van der Waals surface area (Å²) < 4.78 is 6.34. The minimum atomic E-state index is -0.791. The van der Waals surface area contributed by atoms with Gasteiger partial charge in [0, 0.05) is 17.6 Å². The van der Waals surface area contributed by atoms with E-state index in [2.05, 4.69) is 10.4 Å². The van der Waals surface area contributed by atoms with Gasteiger partial charge in [0.15, 0.2) is 12.3 Å². The summed E-state index contributed by atoms with van der Waals surface area (Å²) in [6, 6.07) is 14.9. The minimum absolute atomic E-state index is 0.0141. The average molecular weight is 390 g/mol. The number of amides is 1. The first-order chi connectivity index (χ1) is 14.0. The van der Waals surface area contributed by atoms with Gasteiger partial charge < -0.3 is 10.1 Å². The predicted octanol–water partition coefficient (Wildman–Crippen LogP) is 2.47. The molecular formula is C21H18N4O4. The number of esters is 1. The molecule has 0 atom stereocenters. The fraction of sp³-hybridized carbons (Fsp3) is 0.190. The van der Waals surface area contributed by atoms with E-state index < -0.39 is 18.5 Å². The van der Waals surface area contributed by atoms with Gasteiger partial charge in [-0.3, -0.25) is 9.59 Å². The van der Waals surface area contributed by atoms with Crippen LogP contribution in [0, 0.1) is 11.3 Å². The third-order valence-corrected chi connectivity index (χ3v) is 4.13. The van der Waals surface area contributed by atoms with E-state index in [0.717, 1.165) is 0 Å². The highest BCUT2D eigenvalue weighted by Gasteiger charge is 2.19. The summed E-state index contributed by atoms with van der Waals surface area (Å²) >= 11 is 0. The normalized spacial score (nSPS) is 10.3. The molecule has 8 heteroatoms. The van der Waals surface area contributed by atoms with Crippen molar-refractivity contribution in [3.63, 3.8) is 0 Å². The molecule has 1 amide bonds.